The van der Waals surface area contributed by atoms with E-state index >= 15 is 0 Å². The second-order valence-electron chi connectivity index (χ2n) is 9.54. The standard InChI is InChI=1S/C27H38FN2O4PS.C2H6.C2H2/c1-6-8-22(34-16-26(32)14-27(28,35)15-26)21(33-5)11-12-30-17-29-20-13-23(36-24(20)25(30)31)19(4)10-9-18(3)7-2;2*1-2/h8-11,13,17,25,31-32H,6-7,12,14-16,35H2,1-5H3;1-2H3;1-2H/b18-9+,19-10+,21-11+,22-8+;;. The molecule has 2 N–H and O–H groups in total. The molecule has 0 aromatic carbocycles. The fraction of sp³-hybridized carbons (Fsp3) is 0.516. The van der Waals surface area contributed by atoms with Crippen LogP contribution in [0.5, 0.6) is 0 Å². The van der Waals surface area contributed by atoms with Gasteiger partial charge in [0.2, 0.25) is 0 Å². The molecule has 2 atom stereocenters. The number of aliphatic imine (C=N–C) groups is 1. The van der Waals surface area contributed by atoms with Crippen LogP contribution in [0.2, 0.25) is 0 Å². The van der Waals surface area contributed by atoms with Crippen molar-refractivity contribution in [1.82, 2.24) is 4.90 Å². The quantitative estimate of drug-likeness (QED) is 0.119. The molecule has 0 radical (unpaired) electrons. The average Bonchev–Trinajstić information content (AvgIpc) is 3.38. The van der Waals surface area contributed by atoms with Crippen LogP contribution in [0.25, 0.3) is 5.57 Å². The minimum absolute atomic E-state index is 0.0147. The van der Waals surface area contributed by atoms with Gasteiger partial charge in [-0.25, -0.2) is 9.38 Å². The molecule has 1 aromatic rings. The molecule has 1 aromatic heterocycles. The molecule has 0 saturated heterocycles. The average molecular weight is 593 g/mol. The number of halogens is 1. The molecular formula is C31H46FN2O4PS. The Morgan fingerprint density at radius 3 is 2.42 bits per heavy atom. The van der Waals surface area contributed by atoms with Crippen LogP contribution in [0.15, 0.2) is 52.5 Å². The zero-order valence-electron chi connectivity index (χ0n) is 24.9. The number of allylic oxidation sites excluding steroid dienone is 5. The van der Waals surface area contributed by atoms with E-state index in [9.17, 15) is 14.6 Å². The van der Waals surface area contributed by atoms with Crippen molar-refractivity contribution >= 4 is 38.2 Å². The molecule has 0 amide bonds. The zero-order chi connectivity index (χ0) is 30.5. The van der Waals surface area contributed by atoms with Gasteiger partial charge in [0.05, 0.1) is 24.0 Å². The molecule has 1 saturated carbocycles. The van der Waals surface area contributed by atoms with Crippen molar-refractivity contribution in [3.8, 4) is 12.8 Å². The number of ether oxygens (including phenoxy) is 2. The van der Waals surface area contributed by atoms with Gasteiger partial charge in [-0.15, -0.1) is 24.2 Å². The van der Waals surface area contributed by atoms with Crippen LogP contribution in [0.1, 0.15) is 83.2 Å². The van der Waals surface area contributed by atoms with Gasteiger partial charge in [-0.1, -0.05) is 54.7 Å². The summed E-state index contributed by atoms with van der Waals surface area (Å²) in [6.45, 7) is 12.6. The van der Waals surface area contributed by atoms with Crippen molar-refractivity contribution in [2.24, 2.45) is 4.99 Å². The maximum Gasteiger partial charge on any atom is 0.165 e. The summed E-state index contributed by atoms with van der Waals surface area (Å²) in [5.41, 5.74) is 2.02. The molecule has 1 fully saturated rings. The van der Waals surface area contributed by atoms with E-state index in [0.717, 1.165) is 27.4 Å². The maximum atomic E-state index is 13.8. The van der Waals surface area contributed by atoms with Crippen LogP contribution >= 0.6 is 20.6 Å². The molecule has 2 unspecified atom stereocenters. The topological polar surface area (TPSA) is 74.5 Å². The SMILES string of the molecule is C#C.CC.CC/C=C(OCC1(O)CC(F)(P)C1)\C(=C/CN1C=Nc2cc(/C(C)=C/C=C(\C)CC)sc2C1O)OC. The number of aliphatic hydroxyl groups excluding tert-OH is 1. The monoisotopic (exact) mass is 592 g/mol. The van der Waals surface area contributed by atoms with Crippen molar-refractivity contribution in [3.63, 3.8) is 0 Å². The Kier molecular flexibility index (Phi) is 14.9. The lowest BCUT2D eigenvalue weighted by Gasteiger charge is -2.45. The van der Waals surface area contributed by atoms with E-state index in [0.29, 0.717) is 24.5 Å². The third-order valence-electron chi connectivity index (χ3n) is 6.28. The maximum absolute atomic E-state index is 13.8. The molecule has 3 rings (SSSR count). The molecule has 0 bridgehead atoms. The van der Waals surface area contributed by atoms with Crippen molar-refractivity contribution in [2.45, 2.75) is 84.5 Å². The van der Waals surface area contributed by atoms with Crippen molar-refractivity contribution in [2.75, 3.05) is 20.3 Å². The summed E-state index contributed by atoms with van der Waals surface area (Å²) < 4.78 is 25.3. The minimum atomic E-state index is -1.43. The van der Waals surface area contributed by atoms with Crippen LogP contribution < -0.4 is 0 Å². The van der Waals surface area contributed by atoms with Gasteiger partial charge < -0.3 is 24.6 Å². The molecule has 222 valence electrons. The summed E-state index contributed by atoms with van der Waals surface area (Å²) >= 11 is 1.54. The second kappa shape index (κ2) is 16.7. The first kappa shape index (κ1) is 35.6. The number of hydrogen-bond acceptors (Lipinski definition) is 7. The lowest BCUT2D eigenvalue weighted by Crippen LogP contribution is -2.53. The number of nitrogens with zero attached hydrogens (tertiary/aromatic N) is 2. The molecule has 6 nitrogen and oxygen atoms in total. The lowest BCUT2D eigenvalue weighted by atomic mass is 9.78. The predicted octanol–water partition coefficient (Wildman–Crippen LogP) is 7.66. The van der Waals surface area contributed by atoms with E-state index in [2.05, 4.69) is 60.0 Å². The van der Waals surface area contributed by atoms with Crippen molar-refractivity contribution in [3.05, 3.63) is 57.2 Å². The summed E-state index contributed by atoms with van der Waals surface area (Å²) in [5.74, 6) is 0.958. The molecular weight excluding hydrogens is 546 g/mol. The smallest absolute Gasteiger partial charge is 0.165 e. The zero-order valence-corrected chi connectivity index (χ0v) is 26.9. The summed E-state index contributed by atoms with van der Waals surface area (Å²) in [6, 6.07) is 2.01. The summed E-state index contributed by atoms with van der Waals surface area (Å²) in [7, 11) is 3.68. The van der Waals surface area contributed by atoms with Gasteiger partial charge in [0.25, 0.3) is 0 Å². The highest BCUT2D eigenvalue weighted by molar-refractivity contribution is 7.18. The number of rotatable bonds is 11. The Morgan fingerprint density at radius 2 is 1.88 bits per heavy atom. The lowest BCUT2D eigenvalue weighted by molar-refractivity contribution is -0.132. The number of alkyl halides is 1. The first-order chi connectivity index (χ1) is 19.0. The molecule has 2 heterocycles. The summed E-state index contributed by atoms with van der Waals surface area (Å²) in [6.07, 6.45) is 18.4. The highest BCUT2D eigenvalue weighted by Gasteiger charge is 2.52. The number of thiophene rings is 1. The largest absolute Gasteiger partial charge is 0.493 e. The van der Waals surface area contributed by atoms with Crippen LogP contribution in [-0.2, 0) is 9.47 Å². The van der Waals surface area contributed by atoms with Gasteiger partial charge in [-0.05, 0) is 50.5 Å². The summed E-state index contributed by atoms with van der Waals surface area (Å²) in [4.78, 5) is 8.14. The van der Waals surface area contributed by atoms with E-state index in [-0.39, 0.29) is 19.4 Å². The normalized spacial score (nSPS) is 24.6. The number of terminal acetylenes is 1. The van der Waals surface area contributed by atoms with E-state index in [1.54, 1.807) is 24.4 Å². The fourth-order valence-electron chi connectivity index (χ4n) is 4.09. The Bertz CT molecular complexity index is 1130. The number of fused-ring (bicyclic) bond motifs is 1. The highest BCUT2D eigenvalue weighted by Crippen LogP contribution is 2.49. The first-order valence-corrected chi connectivity index (χ1v) is 15.0. The summed E-state index contributed by atoms with van der Waals surface area (Å²) in [5, 5.41) is 20.1. The number of methoxy groups -OCH3 is 1. The highest BCUT2D eigenvalue weighted by atomic mass is 32.1. The van der Waals surface area contributed by atoms with Crippen molar-refractivity contribution < 1.29 is 24.1 Å². The van der Waals surface area contributed by atoms with E-state index in [1.807, 2.05) is 32.9 Å². The third kappa shape index (κ3) is 9.89. The predicted molar refractivity (Wildman–Crippen MR) is 170 cm³/mol. The van der Waals surface area contributed by atoms with Gasteiger partial charge in [0, 0.05) is 24.3 Å². The second-order valence-corrected chi connectivity index (χ2v) is 11.7. The Balaban J connectivity index is 0.00000191. The van der Waals surface area contributed by atoms with Gasteiger partial charge in [-0.3, -0.25) is 0 Å². The fourth-order valence-corrected chi connectivity index (χ4v) is 5.94. The van der Waals surface area contributed by atoms with Crippen molar-refractivity contribution in [1.29, 1.82) is 0 Å². The van der Waals surface area contributed by atoms with Gasteiger partial charge in [0.15, 0.2) is 17.7 Å². The van der Waals surface area contributed by atoms with Gasteiger partial charge in [0.1, 0.15) is 17.6 Å². The number of hydrogen-bond donors (Lipinski definition) is 2. The van der Waals surface area contributed by atoms with Crippen LogP contribution in [-0.4, -0.2) is 52.7 Å². The Labute approximate surface area is 246 Å². The molecule has 2 aliphatic rings. The Morgan fingerprint density at radius 1 is 1.23 bits per heavy atom. The first-order valence-electron chi connectivity index (χ1n) is 13.6. The molecule has 0 spiro atoms. The van der Waals surface area contributed by atoms with Gasteiger partial charge in [-0.2, -0.15) is 0 Å². The van der Waals surface area contributed by atoms with Crippen LogP contribution in [0, 0.1) is 12.8 Å². The van der Waals surface area contributed by atoms with E-state index in [1.165, 1.54) is 16.9 Å². The third-order valence-corrected chi connectivity index (χ3v) is 7.99. The van der Waals surface area contributed by atoms with E-state index < -0.39 is 17.2 Å². The Hall–Kier alpha value is -2.43. The molecule has 1 aliphatic carbocycles. The minimum Gasteiger partial charge on any atom is -0.493 e. The number of aliphatic hydroxyl groups is 2. The van der Waals surface area contributed by atoms with Gasteiger partial charge >= 0.3 is 0 Å². The van der Waals surface area contributed by atoms with Crippen LogP contribution in [0.3, 0.4) is 0 Å². The van der Waals surface area contributed by atoms with Crippen LogP contribution in [0.4, 0.5) is 10.1 Å². The molecule has 9 heteroatoms. The van der Waals surface area contributed by atoms with E-state index in [4.69, 9.17) is 9.47 Å². The molecule has 1 aliphatic heterocycles. The molecule has 40 heavy (non-hydrogen) atoms.